The van der Waals surface area contributed by atoms with Gasteiger partial charge in [-0.3, -0.25) is 0 Å². The Kier molecular flexibility index (Phi) is 4.74. The predicted molar refractivity (Wildman–Crippen MR) is 96.6 cm³/mol. The van der Waals surface area contributed by atoms with Crippen LogP contribution in [0, 0.1) is 13.8 Å². The fourth-order valence-electron chi connectivity index (χ4n) is 3.24. The molecular weight excluding hydrogens is 300 g/mol. The van der Waals surface area contributed by atoms with E-state index in [0.29, 0.717) is 0 Å². The number of amides is 2. The molecule has 2 aromatic rings. The van der Waals surface area contributed by atoms with E-state index in [1.807, 2.05) is 55.1 Å². The molecule has 0 aliphatic carbocycles. The van der Waals surface area contributed by atoms with Gasteiger partial charge in [-0.05, 0) is 61.6 Å². The maximum atomic E-state index is 12.8. The van der Waals surface area contributed by atoms with Gasteiger partial charge in [-0.2, -0.15) is 0 Å². The minimum atomic E-state index is -0.0259. The van der Waals surface area contributed by atoms with E-state index in [0.717, 1.165) is 47.5 Å². The summed E-state index contributed by atoms with van der Waals surface area (Å²) in [5, 5.41) is 3.08. The third kappa shape index (κ3) is 3.37. The number of methoxy groups -OCH3 is 1. The maximum Gasteiger partial charge on any atom is 0.322 e. The quantitative estimate of drug-likeness (QED) is 0.890. The van der Waals surface area contributed by atoms with Crippen molar-refractivity contribution in [3.05, 3.63) is 59.2 Å². The Morgan fingerprint density at radius 2 is 1.92 bits per heavy atom. The van der Waals surface area contributed by atoms with E-state index >= 15 is 0 Å². The van der Waals surface area contributed by atoms with Crippen LogP contribution in [0.15, 0.2) is 42.5 Å². The lowest BCUT2D eigenvalue weighted by Gasteiger charge is -2.26. The first-order valence-corrected chi connectivity index (χ1v) is 8.37. The van der Waals surface area contributed by atoms with E-state index in [4.69, 9.17) is 4.74 Å². The molecule has 4 nitrogen and oxygen atoms in total. The zero-order valence-electron chi connectivity index (χ0n) is 14.5. The number of likely N-dealkylation sites (tertiary alicyclic amines) is 1. The van der Waals surface area contributed by atoms with E-state index in [9.17, 15) is 4.79 Å². The first-order valence-electron chi connectivity index (χ1n) is 8.37. The number of carbonyl (C=O) groups excluding carboxylic acids is 1. The molecule has 4 heteroatoms. The van der Waals surface area contributed by atoms with Crippen molar-refractivity contribution in [3.63, 3.8) is 0 Å². The molecule has 1 aliphatic heterocycles. The lowest BCUT2D eigenvalue weighted by atomic mass is 10.0. The van der Waals surface area contributed by atoms with Crippen LogP contribution >= 0.6 is 0 Å². The smallest absolute Gasteiger partial charge is 0.322 e. The van der Waals surface area contributed by atoms with Crippen molar-refractivity contribution >= 4 is 11.7 Å². The molecule has 1 fully saturated rings. The second-order valence-electron chi connectivity index (χ2n) is 6.37. The summed E-state index contributed by atoms with van der Waals surface area (Å²) in [7, 11) is 1.66. The van der Waals surface area contributed by atoms with Crippen LogP contribution in [0.2, 0.25) is 0 Å². The number of nitrogens with zero attached hydrogens (tertiary/aromatic N) is 1. The summed E-state index contributed by atoms with van der Waals surface area (Å²) in [6, 6.07) is 14.2. The topological polar surface area (TPSA) is 41.6 Å². The molecule has 2 aromatic carbocycles. The van der Waals surface area contributed by atoms with Crippen LogP contribution in [0.3, 0.4) is 0 Å². The van der Waals surface area contributed by atoms with Gasteiger partial charge in [-0.25, -0.2) is 4.79 Å². The number of benzene rings is 2. The van der Waals surface area contributed by atoms with Crippen molar-refractivity contribution in [1.29, 1.82) is 0 Å². The van der Waals surface area contributed by atoms with E-state index in [-0.39, 0.29) is 12.1 Å². The van der Waals surface area contributed by atoms with Crippen molar-refractivity contribution in [3.8, 4) is 5.75 Å². The standard InChI is InChI=1S/C20H24N2O2/c1-14-6-7-15(2)18(13-14)21-20(23)22-12-4-5-19(22)16-8-10-17(24-3)11-9-16/h6-11,13,19H,4-5,12H2,1-3H3,(H,21,23). The SMILES string of the molecule is COc1ccc(C2CCCN2C(=O)Nc2cc(C)ccc2C)cc1. The zero-order valence-corrected chi connectivity index (χ0v) is 14.5. The third-order valence-electron chi connectivity index (χ3n) is 4.65. The largest absolute Gasteiger partial charge is 0.497 e. The second kappa shape index (κ2) is 6.95. The van der Waals surface area contributed by atoms with Gasteiger partial charge < -0.3 is 15.0 Å². The monoisotopic (exact) mass is 324 g/mol. The number of carbonyl (C=O) groups is 1. The molecule has 0 aromatic heterocycles. The van der Waals surface area contributed by atoms with Gasteiger partial charge in [0.25, 0.3) is 0 Å². The summed E-state index contributed by atoms with van der Waals surface area (Å²) in [4.78, 5) is 14.7. The Balaban J connectivity index is 1.76. The predicted octanol–water partition coefficient (Wildman–Crippen LogP) is 4.68. The van der Waals surface area contributed by atoms with Gasteiger partial charge >= 0.3 is 6.03 Å². The molecule has 1 atom stereocenters. The van der Waals surface area contributed by atoms with E-state index in [1.165, 1.54) is 0 Å². The fourth-order valence-corrected chi connectivity index (χ4v) is 3.24. The minimum absolute atomic E-state index is 0.0259. The number of anilines is 1. The molecule has 3 rings (SSSR count). The Morgan fingerprint density at radius 1 is 1.17 bits per heavy atom. The van der Waals surface area contributed by atoms with Crippen LogP contribution in [-0.2, 0) is 0 Å². The lowest BCUT2D eigenvalue weighted by molar-refractivity contribution is 0.207. The molecule has 0 radical (unpaired) electrons. The van der Waals surface area contributed by atoms with Gasteiger partial charge in [0.2, 0.25) is 0 Å². The molecule has 1 unspecified atom stereocenters. The molecule has 1 N–H and O–H groups in total. The van der Waals surface area contributed by atoms with Gasteiger partial charge in [0.1, 0.15) is 5.75 Å². The molecule has 1 saturated heterocycles. The van der Waals surface area contributed by atoms with Crippen molar-refractivity contribution < 1.29 is 9.53 Å². The average molecular weight is 324 g/mol. The molecule has 1 heterocycles. The second-order valence-corrected chi connectivity index (χ2v) is 6.37. The van der Waals surface area contributed by atoms with Crippen molar-refractivity contribution in [2.45, 2.75) is 32.7 Å². The number of aryl methyl sites for hydroxylation is 2. The highest BCUT2D eigenvalue weighted by molar-refractivity contribution is 5.90. The molecule has 0 bridgehead atoms. The number of hydrogen-bond acceptors (Lipinski definition) is 2. The van der Waals surface area contributed by atoms with Crippen molar-refractivity contribution in [2.75, 3.05) is 19.0 Å². The summed E-state index contributed by atoms with van der Waals surface area (Å²) in [6.45, 7) is 4.83. The minimum Gasteiger partial charge on any atom is -0.497 e. The lowest BCUT2D eigenvalue weighted by Crippen LogP contribution is -2.34. The van der Waals surface area contributed by atoms with Gasteiger partial charge in [0.05, 0.1) is 13.2 Å². The summed E-state index contributed by atoms with van der Waals surface area (Å²) >= 11 is 0. The molecule has 1 aliphatic rings. The van der Waals surface area contributed by atoms with Gasteiger partial charge in [-0.15, -0.1) is 0 Å². The summed E-state index contributed by atoms with van der Waals surface area (Å²) in [5.41, 5.74) is 4.27. The maximum absolute atomic E-state index is 12.8. The average Bonchev–Trinajstić information content (AvgIpc) is 3.08. The van der Waals surface area contributed by atoms with Gasteiger partial charge in [0.15, 0.2) is 0 Å². The van der Waals surface area contributed by atoms with E-state index < -0.39 is 0 Å². The number of rotatable bonds is 3. The molecule has 24 heavy (non-hydrogen) atoms. The highest BCUT2D eigenvalue weighted by Gasteiger charge is 2.30. The Hall–Kier alpha value is -2.49. The highest BCUT2D eigenvalue weighted by Crippen LogP contribution is 2.33. The molecule has 2 amide bonds. The molecule has 0 saturated carbocycles. The molecular formula is C20H24N2O2. The van der Waals surface area contributed by atoms with E-state index in [2.05, 4.69) is 11.4 Å². The fraction of sp³-hybridized carbons (Fsp3) is 0.350. The molecule has 0 spiro atoms. The summed E-state index contributed by atoms with van der Waals surface area (Å²) < 4.78 is 5.22. The molecule has 126 valence electrons. The van der Waals surface area contributed by atoms with Crippen LogP contribution in [0.1, 0.15) is 35.6 Å². The zero-order chi connectivity index (χ0) is 17.1. The number of urea groups is 1. The van der Waals surface area contributed by atoms with Gasteiger partial charge in [0, 0.05) is 12.2 Å². The highest BCUT2D eigenvalue weighted by atomic mass is 16.5. The summed E-state index contributed by atoms with van der Waals surface area (Å²) in [6.07, 6.45) is 2.02. The number of nitrogens with one attached hydrogen (secondary N) is 1. The van der Waals surface area contributed by atoms with Gasteiger partial charge in [-0.1, -0.05) is 24.3 Å². The third-order valence-corrected chi connectivity index (χ3v) is 4.65. The van der Waals surface area contributed by atoms with Crippen molar-refractivity contribution in [1.82, 2.24) is 4.90 Å². The Morgan fingerprint density at radius 3 is 2.62 bits per heavy atom. The Bertz CT molecular complexity index is 725. The van der Waals surface area contributed by atoms with E-state index in [1.54, 1.807) is 7.11 Å². The number of ether oxygens (including phenoxy) is 1. The van der Waals surface area contributed by atoms with Crippen LogP contribution in [-0.4, -0.2) is 24.6 Å². The van der Waals surface area contributed by atoms with Crippen LogP contribution < -0.4 is 10.1 Å². The van der Waals surface area contributed by atoms with Crippen LogP contribution in [0.5, 0.6) is 5.75 Å². The van der Waals surface area contributed by atoms with Crippen LogP contribution in [0.25, 0.3) is 0 Å². The summed E-state index contributed by atoms with van der Waals surface area (Å²) in [5.74, 6) is 0.836. The Labute approximate surface area is 143 Å². The first kappa shape index (κ1) is 16.4. The first-order chi connectivity index (χ1) is 11.6. The normalized spacial score (nSPS) is 17.0. The van der Waals surface area contributed by atoms with Crippen molar-refractivity contribution in [2.24, 2.45) is 0 Å². The van der Waals surface area contributed by atoms with Crippen LogP contribution in [0.4, 0.5) is 10.5 Å². The number of hydrogen-bond donors (Lipinski definition) is 1.